The van der Waals surface area contributed by atoms with Crippen LogP contribution in [0, 0.1) is 24.2 Å². The highest BCUT2D eigenvalue weighted by molar-refractivity contribution is 7.09. The first-order valence-corrected chi connectivity index (χ1v) is 13.7. The lowest BCUT2D eigenvalue weighted by Gasteiger charge is -2.35. The molecule has 0 aromatic carbocycles. The quantitative estimate of drug-likeness (QED) is 0.386. The Labute approximate surface area is 220 Å². The minimum Gasteiger partial charge on any atom is -0.457 e. The van der Waals surface area contributed by atoms with Gasteiger partial charge in [-0.15, -0.1) is 17.9 Å². The summed E-state index contributed by atoms with van der Waals surface area (Å²) in [6.45, 7) is 14.9. The van der Waals surface area contributed by atoms with Crippen molar-refractivity contribution in [3.05, 3.63) is 46.0 Å². The largest absolute Gasteiger partial charge is 0.457 e. The Hall–Kier alpha value is -2.09. The van der Waals surface area contributed by atoms with E-state index in [-0.39, 0.29) is 18.1 Å². The van der Waals surface area contributed by atoms with E-state index in [0.29, 0.717) is 12.8 Å². The molecule has 7 heteroatoms. The highest BCUT2D eigenvalue weighted by atomic mass is 32.1. The molecule has 200 valence electrons. The van der Waals surface area contributed by atoms with Crippen LogP contribution in [0.2, 0.25) is 0 Å². The van der Waals surface area contributed by atoms with Gasteiger partial charge in [-0.2, -0.15) is 0 Å². The fraction of sp³-hybridized carbons (Fsp3) is 0.621. The van der Waals surface area contributed by atoms with E-state index in [2.05, 4.69) is 24.6 Å². The fourth-order valence-electron chi connectivity index (χ4n) is 4.62. The molecule has 2 heterocycles. The number of esters is 1. The van der Waals surface area contributed by atoms with Gasteiger partial charge < -0.3 is 14.9 Å². The van der Waals surface area contributed by atoms with Crippen molar-refractivity contribution < 1.29 is 24.5 Å². The number of allylic oxidation sites excluding steroid dienone is 2. The molecule has 1 aliphatic rings. The predicted octanol–water partition coefficient (Wildman–Crippen LogP) is 5.82. The molecule has 1 aliphatic heterocycles. The average Bonchev–Trinajstić information content (AvgIpc) is 3.22. The lowest BCUT2D eigenvalue weighted by atomic mass is 9.71. The molecule has 0 saturated heterocycles. The summed E-state index contributed by atoms with van der Waals surface area (Å²) >= 11 is 1.56. The van der Waals surface area contributed by atoms with Gasteiger partial charge in [0.2, 0.25) is 0 Å². The first kappa shape index (κ1) is 30.1. The number of aliphatic hydroxyl groups excluding tert-OH is 2. The molecule has 0 fully saturated rings. The molecule has 0 saturated carbocycles. The molecular weight excluding hydrogens is 474 g/mol. The molecule has 0 bridgehead atoms. The third-order valence-electron chi connectivity index (χ3n) is 7.29. The molecular formula is C29H43NO5S. The lowest BCUT2D eigenvalue weighted by Crippen LogP contribution is -2.46. The Balaban J connectivity index is 2.37. The lowest BCUT2D eigenvalue weighted by molar-refractivity contribution is -0.154. The Morgan fingerprint density at radius 3 is 2.61 bits per heavy atom. The molecule has 6 nitrogen and oxygen atoms in total. The van der Waals surface area contributed by atoms with Crippen LogP contribution in [0.1, 0.15) is 83.8 Å². The van der Waals surface area contributed by atoms with E-state index in [1.54, 1.807) is 31.3 Å². The van der Waals surface area contributed by atoms with E-state index >= 15 is 0 Å². The number of aryl methyl sites for hydroxylation is 1. The summed E-state index contributed by atoms with van der Waals surface area (Å²) in [7, 11) is 0. The molecule has 2 N–H and O–H groups in total. The van der Waals surface area contributed by atoms with Gasteiger partial charge in [0.05, 0.1) is 34.7 Å². The molecule has 5 atom stereocenters. The number of carbonyl (C=O) groups excluding carboxylic acids is 2. The number of hydrogen-bond donors (Lipinski definition) is 2. The van der Waals surface area contributed by atoms with Gasteiger partial charge in [-0.25, -0.2) is 4.98 Å². The molecule has 1 aromatic heterocycles. The molecule has 1 aromatic rings. The maximum Gasteiger partial charge on any atom is 0.309 e. The molecule has 2 rings (SSSR count). The summed E-state index contributed by atoms with van der Waals surface area (Å²) in [5.74, 6) is -1.61. The summed E-state index contributed by atoms with van der Waals surface area (Å²) in [5.41, 5.74) is 1.64. The number of cyclic esters (lactones) is 1. The molecule has 0 spiro atoms. The van der Waals surface area contributed by atoms with Gasteiger partial charge in [0.1, 0.15) is 11.9 Å². The van der Waals surface area contributed by atoms with Gasteiger partial charge in [-0.05, 0) is 64.0 Å². The molecule has 0 aliphatic carbocycles. The predicted molar refractivity (Wildman–Crippen MR) is 145 cm³/mol. The van der Waals surface area contributed by atoms with E-state index in [1.165, 1.54) is 5.57 Å². The van der Waals surface area contributed by atoms with Gasteiger partial charge in [-0.3, -0.25) is 9.59 Å². The maximum atomic E-state index is 13.5. The summed E-state index contributed by atoms with van der Waals surface area (Å²) in [4.78, 5) is 30.9. The van der Waals surface area contributed by atoms with Gasteiger partial charge >= 0.3 is 5.97 Å². The number of aliphatic hydroxyl groups is 2. The molecule has 0 radical (unpaired) electrons. The van der Waals surface area contributed by atoms with Crippen LogP contribution in [0.4, 0.5) is 0 Å². The second kappa shape index (κ2) is 13.5. The minimum atomic E-state index is -1.25. The number of thiazole rings is 1. The summed E-state index contributed by atoms with van der Waals surface area (Å²) < 4.78 is 5.84. The number of Topliss-reactive ketones (excluding diaryl/α,β-unsaturated/α-hetero) is 1. The Morgan fingerprint density at radius 1 is 1.31 bits per heavy atom. The smallest absolute Gasteiger partial charge is 0.309 e. The van der Waals surface area contributed by atoms with Crippen LogP contribution < -0.4 is 0 Å². The second-order valence-corrected chi connectivity index (χ2v) is 11.8. The number of aromatic nitrogens is 1. The maximum absolute atomic E-state index is 13.5. The van der Waals surface area contributed by atoms with Crippen molar-refractivity contribution in [2.24, 2.45) is 17.3 Å². The highest BCUT2D eigenvalue weighted by Gasteiger charge is 2.43. The van der Waals surface area contributed by atoms with Gasteiger partial charge in [0.25, 0.3) is 0 Å². The standard InChI is InChI=1S/C29H43NO5S/c1-8-10-23-27(33)19(3)12-9-11-18(2)13-14-24(20(4)15-22-17-36-21(5)30-22)35-26(32)16-25(31)29(6,7)28(23)34/h8,13,15,17,19,23-25,27,31,33H,1,9-12,14,16H2,2-7H3/b18-13-,20-15-. The third kappa shape index (κ3) is 8.22. The zero-order valence-electron chi connectivity index (χ0n) is 22.6. The van der Waals surface area contributed by atoms with E-state index in [4.69, 9.17) is 4.74 Å². The Morgan fingerprint density at radius 2 is 2.00 bits per heavy atom. The fourth-order valence-corrected chi connectivity index (χ4v) is 5.19. The number of rotatable bonds is 4. The van der Waals surface area contributed by atoms with Crippen molar-refractivity contribution in [3.8, 4) is 0 Å². The van der Waals surface area contributed by atoms with Gasteiger partial charge in [-0.1, -0.05) is 38.5 Å². The topological polar surface area (TPSA) is 96.7 Å². The number of ketones is 1. The summed E-state index contributed by atoms with van der Waals surface area (Å²) in [6.07, 6.45) is 6.08. The van der Waals surface area contributed by atoms with Crippen molar-refractivity contribution in [2.45, 2.75) is 98.4 Å². The van der Waals surface area contributed by atoms with Crippen LogP contribution >= 0.6 is 11.3 Å². The highest BCUT2D eigenvalue weighted by Crippen LogP contribution is 2.34. The molecule has 0 amide bonds. The normalized spacial score (nSPS) is 30.8. The van der Waals surface area contributed by atoms with Crippen LogP contribution in [0.5, 0.6) is 0 Å². The second-order valence-electron chi connectivity index (χ2n) is 10.7. The third-order valence-corrected chi connectivity index (χ3v) is 8.08. The Kier molecular flexibility index (Phi) is 11.3. The van der Waals surface area contributed by atoms with Gasteiger partial charge in [0, 0.05) is 17.7 Å². The van der Waals surface area contributed by atoms with E-state index in [0.717, 1.165) is 35.5 Å². The monoisotopic (exact) mass is 517 g/mol. The van der Waals surface area contributed by atoms with E-state index < -0.39 is 35.6 Å². The number of hydrogen-bond acceptors (Lipinski definition) is 7. The van der Waals surface area contributed by atoms with Crippen LogP contribution in [0.25, 0.3) is 6.08 Å². The molecule has 36 heavy (non-hydrogen) atoms. The number of carbonyl (C=O) groups is 2. The summed E-state index contributed by atoms with van der Waals surface area (Å²) in [5, 5.41) is 24.9. The zero-order valence-corrected chi connectivity index (χ0v) is 23.4. The van der Waals surface area contributed by atoms with Crippen molar-refractivity contribution >= 4 is 29.2 Å². The minimum absolute atomic E-state index is 0.0861. The number of ether oxygens (including phenoxy) is 1. The number of nitrogens with zero attached hydrogens (tertiary/aromatic N) is 1. The van der Waals surface area contributed by atoms with Crippen molar-refractivity contribution in [1.29, 1.82) is 0 Å². The van der Waals surface area contributed by atoms with Crippen LogP contribution in [-0.2, 0) is 14.3 Å². The van der Waals surface area contributed by atoms with Crippen molar-refractivity contribution in [3.63, 3.8) is 0 Å². The average molecular weight is 518 g/mol. The first-order valence-electron chi connectivity index (χ1n) is 12.8. The zero-order chi connectivity index (χ0) is 27.0. The van der Waals surface area contributed by atoms with E-state index in [9.17, 15) is 19.8 Å². The van der Waals surface area contributed by atoms with Crippen LogP contribution in [0.15, 0.2) is 35.3 Å². The van der Waals surface area contributed by atoms with Crippen molar-refractivity contribution in [1.82, 2.24) is 4.98 Å². The SMILES string of the molecule is C=CCC1C(=O)C(C)(C)C(O)CC(=O)OC(/C(C)=C\c2csc(C)n2)C/C=C(/C)CCCC(C)C1O. The van der Waals surface area contributed by atoms with Gasteiger partial charge in [0.15, 0.2) is 0 Å². The van der Waals surface area contributed by atoms with Crippen LogP contribution in [0.3, 0.4) is 0 Å². The summed E-state index contributed by atoms with van der Waals surface area (Å²) in [6, 6.07) is 0. The first-order chi connectivity index (χ1) is 16.9. The van der Waals surface area contributed by atoms with Crippen molar-refractivity contribution in [2.75, 3.05) is 0 Å². The molecule has 5 unspecified atom stereocenters. The van der Waals surface area contributed by atoms with Crippen LogP contribution in [-0.4, -0.2) is 45.3 Å². The Bertz CT molecular complexity index is 976. The van der Waals surface area contributed by atoms with E-state index in [1.807, 2.05) is 32.2 Å².